The summed E-state index contributed by atoms with van der Waals surface area (Å²) < 4.78 is 0. The standard InChI is InChI=1S/C20H17ClN4O2/c21-15-7-5-14(6-8-15)20(27)23-12-11-22-19(26)10-9-16-13-24-17-3-1-2-4-18(17)25-16/h1-10,13H,11-12H2,(H,22,26)(H,23,27)/b10-9+. The number of nitrogens with zero attached hydrogens (tertiary/aromatic N) is 2. The molecule has 0 spiro atoms. The van der Waals surface area contributed by atoms with E-state index in [4.69, 9.17) is 11.6 Å². The fraction of sp³-hybridized carbons (Fsp3) is 0.100. The minimum Gasteiger partial charge on any atom is -0.351 e. The molecule has 0 aliphatic carbocycles. The van der Waals surface area contributed by atoms with Crippen LogP contribution in [0.1, 0.15) is 16.1 Å². The highest BCUT2D eigenvalue weighted by Gasteiger charge is 2.04. The predicted molar refractivity (Wildman–Crippen MR) is 105 cm³/mol. The molecule has 0 aliphatic heterocycles. The number of rotatable bonds is 6. The van der Waals surface area contributed by atoms with E-state index in [1.807, 2.05) is 24.3 Å². The Kier molecular flexibility index (Phi) is 6.12. The second-order valence-corrected chi connectivity index (χ2v) is 6.11. The van der Waals surface area contributed by atoms with Crippen molar-refractivity contribution in [3.05, 3.63) is 77.1 Å². The number of aromatic nitrogens is 2. The van der Waals surface area contributed by atoms with Gasteiger partial charge >= 0.3 is 0 Å². The predicted octanol–water partition coefficient (Wildman–Crippen LogP) is 2.84. The minimum atomic E-state index is -0.272. The molecule has 0 fully saturated rings. The lowest BCUT2D eigenvalue weighted by atomic mass is 10.2. The van der Waals surface area contributed by atoms with Crippen molar-refractivity contribution < 1.29 is 9.59 Å². The Bertz CT molecular complexity index is 987. The third-order valence-corrected chi connectivity index (χ3v) is 3.94. The van der Waals surface area contributed by atoms with Gasteiger partial charge in [-0.15, -0.1) is 0 Å². The largest absolute Gasteiger partial charge is 0.351 e. The molecule has 0 saturated carbocycles. The molecule has 0 bridgehead atoms. The Morgan fingerprint density at radius 3 is 2.44 bits per heavy atom. The first-order valence-corrected chi connectivity index (χ1v) is 8.71. The quantitative estimate of drug-likeness (QED) is 0.508. The van der Waals surface area contributed by atoms with Crippen LogP contribution in [0.3, 0.4) is 0 Å². The molecule has 0 radical (unpaired) electrons. The van der Waals surface area contributed by atoms with E-state index in [0.717, 1.165) is 11.0 Å². The van der Waals surface area contributed by atoms with Crippen LogP contribution in [0.25, 0.3) is 17.1 Å². The number of hydrogen-bond donors (Lipinski definition) is 2. The van der Waals surface area contributed by atoms with Gasteiger partial charge in [0.1, 0.15) is 0 Å². The van der Waals surface area contributed by atoms with Crippen LogP contribution in [0.2, 0.25) is 5.02 Å². The average molecular weight is 381 g/mol. The molecule has 0 atom stereocenters. The normalized spacial score (nSPS) is 10.9. The van der Waals surface area contributed by atoms with Gasteiger partial charge in [-0.05, 0) is 42.5 Å². The number of fused-ring (bicyclic) bond motifs is 1. The van der Waals surface area contributed by atoms with E-state index in [1.54, 1.807) is 36.5 Å². The Labute approximate surface area is 161 Å². The first-order chi connectivity index (χ1) is 13.1. The second kappa shape index (κ2) is 8.91. The molecule has 0 aliphatic rings. The van der Waals surface area contributed by atoms with E-state index >= 15 is 0 Å². The summed E-state index contributed by atoms with van der Waals surface area (Å²) in [6.07, 6.45) is 4.60. The van der Waals surface area contributed by atoms with Gasteiger partial charge in [0.2, 0.25) is 5.91 Å². The van der Waals surface area contributed by atoms with E-state index < -0.39 is 0 Å². The Morgan fingerprint density at radius 2 is 1.67 bits per heavy atom. The number of halogens is 1. The molecule has 0 unspecified atom stereocenters. The van der Waals surface area contributed by atoms with Crippen molar-refractivity contribution in [1.29, 1.82) is 0 Å². The molecule has 2 N–H and O–H groups in total. The molecular weight excluding hydrogens is 364 g/mol. The topological polar surface area (TPSA) is 84.0 Å². The molecule has 3 aromatic rings. The number of para-hydroxylation sites is 2. The lowest BCUT2D eigenvalue weighted by Crippen LogP contribution is -2.33. The van der Waals surface area contributed by atoms with Crippen LogP contribution < -0.4 is 10.6 Å². The first kappa shape index (κ1) is 18.5. The van der Waals surface area contributed by atoms with Crippen LogP contribution in [-0.2, 0) is 4.79 Å². The number of nitrogens with one attached hydrogen (secondary N) is 2. The summed E-state index contributed by atoms with van der Waals surface area (Å²) in [5.74, 6) is -0.492. The second-order valence-electron chi connectivity index (χ2n) is 5.67. The Balaban J connectivity index is 1.44. The molecule has 2 amide bonds. The summed E-state index contributed by atoms with van der Waals surface area (Å²) in [4.78, 5) is 32.5. The van der Waals surface area contributed by atoms with E-state index in [9.17, 15) is 9.59 Å². The molecular formula is C20H17ClN4O2. The maximum absolute atomic E-state index is 11.9. The van der Waals surface area contributed by atoms with Crippen molar-refractivity contribution in [2.24, 2.45) is 0 Å². The third kappa shape index (κ3) is 5.36. The Morgan fingerprint density at radius 1 is 0.963 bits per heavy atom. The summed E-state index contributed by atoms with van der Waals surface area (Å²) in [5, 5.41) is 5.99. The van der Waals surface area contributed by atoms with Crippen molar-refractivity contribution in [1.82, 2.24) is 20.6 Å². The van der Waals surface area contributed by atoms with Gasteiger partial charge in [0.05, 0.1) is 22.9 Å². The number of amides is 2. The van der Waals surface area contributed by atoms with Crippen LogP contribution in [0.5, 0.6) is 0 Å². The third-order valence-electron chi connectivity index (χ3n) is 3.69. The van der Waals surface area contributed by atoms with E-state index in [0.29, 0.717) is 29.4 Å². The van der Waals surface area contributed by atoms with Gasteiger partial charge in [0, 0.05) is 29.8 Å². The van der Waals surface area contributed by atoms with Crippen molar-refractivity contribution in [2.75, 3.05) is 13.1 Å². The van der Waals surface area contributed by atoms with Crippen molar-refractivity contribution in [3.8, 4) is 0 Å². The fourth-order valence-electron chi connectivity index (χ4n) is 2.34. The molecule has 0 saturated heterocycles. The highest BCUT2D eigenvalue weighted by Crippen LogP contribution is 2.10. The number of benzene rings is 2. The molecule has 7 heteroatoms. The van der Waals surface area contributed by atoms with Gasteiger partial charge in [-0.25, -0.2) is 4.98 Å². The van der Waals surface area contributed by atoms with Gasteiger partial charge in [0.25, 0.3) is 5.91 Å². The number of hydrogen-bond acceptors (Lipinski definition) is 4. The maximum Gasteiger partial charge on any atom is 0.251 e. The van der Waals surface area contributed by atoms with Gasteiger partial charge < -0.3 is 10.6 Å². The average Bonchev–Trinajstić information content (AvgIpc) is 2.70. The molecule has 1 heterocycles. The van der Waals surface area contributed by atoms with Crippen LogP contribution in [0, 0.1) is 0 Å². The van der Waals surface area contributed by atoms with Gasteiger partial charge in [-0.1, -0.05) is 23.7 Å². The zero-order chi connectivity index (χ0) is 19.1. The zero-order valence-electron chi connectivity index (χ0n) is 14.4. The number of carbonyl (C=O) groups excluding carboxylic acids is 2. The van der Waals surface area contributed by atoms with Crippen molar-refractivity contribution in [3.63, 3.8) is 0 Å². The summed E-state index contributed by atoms with van der Waals surface area (Å²) in [6, 6.07) is 14.1. The lowest BCUT2D eigenvalue weighted by molar-refractivity contribution is -0.116. The summed E-state index contributed by atoms with van der Waals surface area (Å²) in [7, 11) is 0. The Hall–Kier alpha value is -3.25. The molecule has 136 valence electrons. The SMILES string of the molecule is O=C(/C=C/c1cnc2ccccc2n1)NCCNC(=O)c1ccc(Cl)cc1. The molecule has 6 nitrogen and oxygen atoms in total. The lowest BCUT2D eigenvalue weighted by Gasteiger charge is -2.06. The highest BCUT2D eigenvalue weighted by atomic mass is 35.5. The van der Waals surface area contributed by atoms with E-state index in [2.05, 4.69) is 20.6 Å². The summed E-state index contributed by atoms with van der Waals surface area (Å²) >= 11 is 5.79. The summed E-state index contributed by atoms with van der Waals surface area (Å²) in [5.41, 5.74) is 2.68. The van der Waals surface area contributed by atoms with Gasteiger partial charge in [0.15, 0.2) is 0 Å². The van der Waals surface area contributed by atoms with Gasteiger partial charge in [-0.2, -0.15) is 0 Å². The van der Waals surface area contributed by atoms with E-state index in [-0.39, 0.29) is 11.8 Å². The maximum atomic E-state index is 11.9. The molecule has 1 aromatic heterocycles. The highest BCUT2D eigenvalue weighted by molar-refractivity contribution is 6.30. The van der Waals surface area contributed by atoms with Crippen LogP contribution in [0.4, 0.5) is 0 Å². The molecule has 27 heavy (non-hydrogen) atoms. The van der Waals surface area contributed by atoms with Gasteiger partial charge in [-0.3, -0.25) is 14.6 Å². The molecule has 2 aromatic carbocycles. The van der Waals surface area contributed by atoms with Crippen molar-refractivity contribution in [2.45, 2.75) is 0 Å². The minimum absolute atomic E-state index is 0.220. The van der Waals surface area contributed by atoms with Crippen LogP contribution >= 0.6 is 11.6 Å². The number of carbonyl (C=O) groups is 2. The smallest absolute Gasteiger partial charge is 0.251 e. The monoisotopic (exact) mass is 380 g/mol. The summed E-state index contributed by atoms with van der Waals surface area (Å²) in [6.45, 7) is 0.628. The van der Waals surface area contributed by atoms with Crippen molar-refractivity contribution >= 4 is 40.5 Å². The van der Waals surface area contributed by atoms with E-state index in [1.165, 1.54) is 6.08 Å². The molecule has 3 rings (SSSR count). The fourth-order valence-corrected chi connectivity index (χ4v) is 2.46. The first-order valence-electron chi connectivity index (χ1n) is 8.33. The van der Waals surface area contributed by atoms with Crippen LogP contribution in [0.15, 0.2) is 60.8 Å². The van der Waals surface area contributed by atoms with Crippen LogP contribution in [-0.4, -0.2) is 34.9 Å². The zero-order valence-corrected chi connectivity index (χ0v) is 15.1.